The molecule has 1 aliphatic rings. The second-order valence-corrected chi connectivity index (χ2v) is 6.24. The largest absolute Gasteiger partial charge is 0.308 e. The smallest absolute Gasteiger partial charge is 0.261 e. The van der Waals surface area contributed by atoms with Crippen LogP contribution in [0.4, 0.5) is 10.1 Å². The summed E-state index contributed by atoms with van der Waals surface area (Å²) in [6, 6.07) is 9.93. The van der Waals surface area contributed by atoms with E-state index in [9.17, 15) is 9.18 Å². The second-order valence-electron chi connectivity index (χ2n) is 5.80. The molecule has 1 aliphatic heterocycles. The highest BCUT2D eigenvalue weighted by molar-refractivity contribution is 6.30. The standard InChI is InChI=1S/C19H13ClFN3O/c20-15-2-4-18-13(7-15)5-6-24(18)19(25)16-3-1-12(8-17(16)21)14-9-22-11-23-10-14/h1-4,7-11H,5-6H2. The van der Waals surface area contributed by atoms with Gasteiger partial charge in [-0.3, -0.25) is 4.79 Å². The van der Waals surface area contributed by atoms with Crippen LogP contribution >= 0.6 is 11.6 Å². The van der Waals surface area contributed by atoms with E-state index in [4.69, 9.17) is 11.6 Å². The van der Waals surface area contributed by atoms with Gasteiger partial charge in [0.1, 0.15) is 12.1 Å². The molecule has 2 aromatic carbocycles. The van der Waals surface area contributed by atoms with Crippen LogP contribution in [-0.4, -0.2) is 22.4 Å². The molecule has 0 fully saturated rings. The Kier molecular flexibility index (Phi) is 3.93. The highest BCUT2D eigenvalue weighted by Gasteiger charge is 2.27. The molecule has 0 unspecified atom stereocenters. The molecular formula is C19H13ClFN3O. The number of rotatable bonds is 2. The van der Waals surface area contributed by atoms with Crippen LogP contribution in [0.5, 0.6) is 0 Å². The molecule has 1 aromatic heterocycles. The quantitative estimate of drug-likeness (QED) is 0.695. The number of aromatic nitrogens is 2. The number of nitrogens with zero attached hydrogens (tertiary/aromatic N) is 3. The van der Waals surface area contributed by atoms with E-state index in [-0.39, 0.29) is 11.5 Å². The van der Waals surface area contributed by atoms with Gasteiger partial charge >= 0.3 is 0 Å². The summed E-state index contributed by atoms with van der Waals surface area (Å²) in [6.45, 7) is 0.516. The number of halogens is 2. The number of fused-ring (bicyclic) bond motifs is 1. The van der Waals surface area contributed by atoms with Gasteiger partial charge in [-0.25, -0.2) is 14.4 Å². The molecule has 6 heteroatoms. The van der Waals surface area contributed by atoms with Crippen molar-refractivity contribution in [1.29, 1.82) is 0 Å². The van der Waals surface area contributed by atoms with Crippen LogP contribution in [0, 0.1) is 5.82 Å². The molecule has 0 spiro atoms. The van der Waals surface area contributed by atoms with E-state index in [0.29, 0.717) is 29.1 Å². The van der Waals surface area contributed by atoms with Crippen molar-refractivity contribution < 1.29 is 9.18 Å². The molecule has 0 N–H and O–H groups in total. The zero-order valence-corrected chi connectivity index (χ0v) is 13.9. The van der Waals surface area contributed by atoms with Gasteiger partial charge in [0.25, 0.3) is 5.91 Å². The molecule has 0 saturated carbocycles. The van der Waals surface area contributed by atoms with E-state index in [1.54, 1.807) is 35.5 Å². The molecule has 1 amide bonds. The lowest BCUT2D eigenvalue weighted by atomic mass is 10.1. The number of carbonyl (C=O) groups is 1. The predicted octanol–water partition coefficient (Wildman–Crippen LogP) is 4.14. The first-order chi connectivity index (χ1) is 12.1. The Morgan fingerprint density at radius 2 is 1.88 bits per heavy atom. The van der Waals surface area contributed by atoms with Gasteiger partial charge in [-0.1, -0.05) is 17.7 Å². The van der Waals surface area contributed by atoms with Gasteiger partial charge in [-0.05, 0) is 47.9 Å². The first-order valence-corrected chi connectivity index (χ1v) is 8.16. The maximum absolute atomic E-state index is 14.6. The SMILES string of the molecule is O=C(c1ccc(-c2cncnc2)cc1F)N1CCc2cc(Cl)ccc21. The van der Waals surface area contributed by atoms with Crippen LogP contribution in [-0.2, 0) is 6.42 Å². The van der Waals surface area contributed by atoms with Gasteiger partial charge in [0.2, 0.25) is 0 Å². The summed E-state index contributed by atoms with van der Waals surface area (Å²) < 4.78 is 14.6. The maximum atomic E-state index is 14.6. The van der Waals surface area contributed by atoms with E-state index < -0.39 is 5.82 Å². The molecule has 124 valence electrons. The first-order valence-electron chi connectivity index (χ1n) is 7.79. The van der Waals surface area contributed by atoms with E-state index in [2.05, 4.69) is 9.97 Å². The van der Waals surface area contributed by atoms with Crippen molar-refractivity contribution >= 4 is 23.2 Å². The highest BCUT2D eigenvalue weighted by atomic mass is 35.5. The minimum atomic E-state index is -0.561. The number of amides is 1. The minimum Gasteiger partial charge on any atom is -0.308 e. The number of hydrogen-bond donors (Lipinski definition) is 0. The molecule has 4 nitrogen and oxygen atoms in total. The molecule has 0 saturated heterocycles. The third-order valence-corrected chi connectivity index (χ3v) is 4.51. The van der Waals surface area contributed by atoms with Crippen molar-refractivity contribution in [2.45, 2.75) is 6.42 Å². The minimum absolute atomic E-state index is 0.0448. The van der Waals surface area contributed by atoms with Crippen LogP contribution in [0.25, 0.3) is 11.1 Å². The molecule has 0 radical (unpaired) electrons. The summed E-state index contributed by atoms with van der Waals surface area (Å²) >= 11 is 5.99. The Morgan fingerprint density at radius 1 is 1.08 bits per heavy atom. The van der Waals surface area contributed by atoms with Crippen molar-refractivity contribution in [3.8, 4) is 11.1 Å². The van der Waals surface area contributed by atoms with Crippen LogP contribution < -0.4 is 4.90 Å². The van der Waals surface area contributed by atoms with Crippen LogP contribution in [0.1, 0.15) is 15.9 Å². The molecule has 3 aromatic rings. The lowest BCUT2D eigenvalue weighted by molar-refractivity contribution is 0.0985. The number of benzene rings is 2. The molecule has 4 rings (SSSR count). The van der Waals surface area contributed by atoms with Crippen LogP contribution in [0.2, 0.25) is 5.02 Å². The lowest BCUT2D eigenvalue weighted by Crippen LogP contribution is -2.29. The normalized spacial score (nSPS) is 13.0. The average molecular weight is 354 g/mol. The first kappa shape index (κ1) is 15.7. The molecule has 0 bridgehead atoms. The van der Waals surface area contributed by atoms with Gasteiger partial charge in [0.15, 0.2) is 0 Å². The van der Waals surface area contributed by atoms with Gasteiger partial charge in [-0.2, -0.15) is 0 Å². The molecule has 2 heterocycles. The highest BCUT2D eigenvalue weighted by Crippen LogP contribution is 2.32. The Morgan fingerprint density at radius 3 is 2.64 bits per heavy atom. The summed E-state index contributed by atoms with van der Waals surface area (Å²) in [4.78, 5) is 22.2. The summed E-state index contributed by atoms with van der Waals surface area (Å²) in [5.74, 6) is -0.914. The van der Waals surface area contributed by atoms with Crippen molar-refractivity contribution in [2.75, 3.05) is 11.4 Å². The second kappa shape index (κ2) is 6.26. The van der Waals surface area contributed by atoms with E-state index >= 15 is 0 Å². The zero-order valence-electron chi connectivity index (χ0n) is 13.1. The van der Waals surface area contributed by atoms with E-state index in [1.165, 1.54) is 18.5 Å². The van der Waals surface area contributed by atoms with Gasteiger partial charge in [0.05, 0.1) is 5.56 Å². The maximum Gasteiger partial charge on any atom is 0.261 e. The summed E-state index contributed by atoms with van der Waals surface area (Å²) in [5.41, 5.74) is 3.15. The Hall–Kier alpha value is -2.79. The fraction of sp³-hybridized carbons (Fsp3) is 0.105. The number of hydrogen-bond acceptors (Lipinski definition) is 3. The summed E-state index contributed by atoms with van der Waals surface area (Å²) in [6.07, 6.45) is 5.32. The Labute approximate surface area is 148 Å². The van der Waals surface area contributed by atoms with Crippen LogP contribution in [0.15, 0.2) is 55.1 Å². The fourth-order valence-electron chi connectivity index (χ4n) is 3.04. The van der Waals surface area contributed by atoms with Gasteiger partial charge in [-0.15, -0.1) is 0 Å². The van der Waals surface area contributed by atoms with Crippen LogP contribution in [0.3, 0.4) is 0 Å². The summed E-state index contributed by atoms with van der Waals surface area (Å²) in [7, 11) is 0. The third kappa shape index (κ3) is 2.87. The number of anilines is 1. The summed E-state index contributed by atoms with van der Waals surface area (Å²) in [5, 5.41) is 0.633. The van der Waals surface area contributed by atoms with Gasteiger partial charge < -0.3 is 4.90 Å². The Bertz CT molecular complexity index is 962. The third-order valence-electron chi connectivity index (χ3n) is 4.28. The van der Waals surface area contributed by atoms with Crippen molar-refractivity contribution in [3.05, 3.63) is 77.1 Å². The van der Waals surface area contributed by atoms with E-state index in [0.717, 1.165) is 11.3 Å². The molecule has 25 heavy (non-hydrogen) atoms. The number of carbonyl (C=O) groups excluding carboxylic acids is 1. The average Bonchev–Trinajstić information content (AvgIpc) is 3.04. The molecule has 0 aliphatic carbocycles. The monoisotopic (exact) mass is 353 g/mol. The van der Waals surface area contributed by atoms with Crippen molar-refractivity contribution in [1.82, 2.24) is 9.97 Å². The lowest BCUT2D eigenvalue weighted by Gasteiger charge is -2.18. The zero-order chi connectivity index (χ0) is 17.4. The molecule has 0 atom stereocenters. The Balaban J connectivity index is 1.66. The van der Waals surface area contributed by atoms with E-state index in [1.807, 2.05) is 6.07 Å². The van der Waals surface area contributed by atoms with Gasteiger partial charge in [0, 0.05) is 35.2 Å². The van der Waals surface area contributed by atoms with Crippen molar-refractivity contribution in [2.24, 2.45) is 0 Å². The topological polar surface area (TPSA) is 46.1 Å². The fourth-order valence-corrected chi connectivity index (χ4v) is 3.24. The predicted molar refractivity (Wildman–Crippen MR) is 94.3 cm³/mol. The molecular weight excluding hydrogens is 341 g/mol. The van der Waals surface area contributed by atoms with Crippen molar-refractivity contribution in [3.63, 3.8) is 0 Å².